The number of sulfonamides is 1. The molecule has 1 aliphatic heterocycles. The lowest BCUT2D eigenvalue weighted by atomic mass is 10.1. The van der Waals surface area contributed by atoms with E-state index in [-0.39, 0.29) is 11.7 Å². The molecule has 0 spiro atoms. The first-order chi connectivity index (χ1) is 13.4. The van der Waals surface area contributed by atoms with Gasteiger partial charge in [0.05, 0.1) is 5.75 Å². The molecule has 1 N–H and O–H groups in total. The van der Waals surface area contributed by atoms with Crippen molar-refractivity contribution >= 4 is 38.9 Å². The van der Waals surface area contributed by atoms with E-state index in [9.17, 15) is 13.2 Å². The van der Waals surface area contributed by atoms with Gasteiger partial charge in [0.2, 0.25) is 10.0 Å². The number of nitrogens with one attached hydrogen (secondary N) is 1. The highest BCUT2D eigenvalue weighted by atomic mass is 35.5. The predicted octanol–water partition coefficient (Wildman–Crippen LogP) is 3.45. The van der Waals surface area contributed by atoms with Crippen LogP contribution in [0.2, 0.25) is 5.02 Å². The Balaban J connectivity index is 1.64. The summed E-state index contributed by atoms with van der Waals surface area (Å²) in [6.45, 7) is 4.43. The number of nitrogens with zero attached hydrogens (tertiary/aromatic N) is 2. The molecule has 28 heavy (non-hydrogen) atoms. The SMILES string of the molecule is CCCS(=O)(=O)Nc1cccc(C(=O)N2CCN(c3cccc(Cl)c3)CC2)c1. The minimum absolute atomic E-state index is 0.0522. The number of amides is 1. The van der Waals surface area contributed by atoms with Gasteiger partial charge in [-0.1, -0.05) is 30.7 Å². The van der Waals surface area contributed by atoms with E-state index in [2.05, 4.69) is 9.62 Å². The third-order valence-electron chi connectivity index (χ3n) is 4.60. The first-order valence-corrected chi connectivity index (χ1v) is 11.3. The van der Waals surface area contributed by atoms with E-state index >= 15 is 0 Å². The van der Waals surface area contributed by atoms with E-state index in [1.807, 2.05) is 31.2 Å². The molecular weight excluding hydrogens is 398 g/mol. The maximum atomic E-state index is 12.8. The van der Waals surface area contributed by atoms with Crippen molar-refractivity contribution < 1.29 is 13.2 Å². The Hall–Kier alpha value is -2.25. The average Bonchev–Trinajstić information content (AvgIpc) is 2.67. The van der Waals surface area contributed by atoms with E-state index < -0.39 is 10.0 Å². The zero-order chi connectivity index (χ0) is 20.1. The van der Waals surface area contributed by atoms with Crippen LogP contribution in [0.1, 0.15) is 23.7 Å². The zero-order valence-corrected chi connectivity index (χ0v) is 17.3. The van der Waals surface area contributed by atoms with Gasteiger partial charge >= 0.3 is 0 Å². The maximum Gasteiger partial charge on any atom is 0.254 e. The number of halogens is 1. The van der Waals surface area contributed by atoms with E-state index in [1.54, 1.807) is 29.2 Å². The molecule has 1 fully saturated rings. The second-order valence-corrected chi connectivity index (χ2v) is 9.04. The second kappa shape index (κ2) is 8.84. The van der Waals surface area contributed by atoms with Crippen molar-refractivity contribution in [3.05, 3.63) is 59.1 Å². The van der Waals surface area contributed by atoms with Gasteiger partial charge in [0.15, 0.2) is 0 Å². The number of anilines is 2. The van der Waals surface area contributed by atoms with E-state index in [0.29, 0.717) is 35.8 Å². The summed E-state index contributed by atoms with van der Waals surface area (Å²) in [6, 6.07) is 14.3. The highest BCUT2D eigenvalue weighted by Gasteiger charge is 2.23. The third-order valence-corrected chi connectivity index (χ3v) is 6.32. The molecule has 0 bridgehead atoms. The quantitative estimate of drug-likeness (QED) is 0.775. The number of hydrogen-bond donors (Lipinski definition) is 1. The summed E-state index contributed by atoms with van der Waals surface area (Å²) in [4.78, 5) is 16.8. The lowest BCUT2D eigenvalue weighted by molar-refractivity contribution is 0.0747. The van der Waals surface area contributed by atoms with Crippen LogP contribution >= 0.6 is 11.6 Å². The number of carbonyl (C=O) groups excluding carboxylic acids is 1. The number of benzene rings is 2. The number of hydrogen-bond acceptors (Lipinski definition) is 4. The van der Waals surface area contributed by atoms with Gasteiger partial charge < -0.3 is 9.80 Å². The van der Waals surface area contributed by atoms with Crippen LogP contribution in [0.5, 0.6) is 0 Å². The number of rotatable bonds is 6. The van der Waals surface area contributed by atoms with Gasteiger partial charge in [-0.05, 0) is 42.8 Å². The Morgan fingerprint density at radius 3 is 2.46 bits per heavy atom. The summed E-state index contributed by atoms with van der Waals surface area (Å²) in [5.41, 5.74) is 1.94. The van der Waals surface area contributed by atoms with Gasteiger partial charge in [-0.25, -0.2) is 8.42 Å². The lowest BCUT2D eigenvalue weighted by Crippen LogP contribution is -2.48. The molecule has 2 aromatic carbocycles. The first kappa shape index (κ1) is 20.5. The van der Waals surface area contributed by atoms with Crippen LogP contribution in [0.15, 0.2) is 48.5 Å². The lowest BCUT2D eigenvalue weighted by Gasteiger charge is -2.36. The molecule has 6 nitrogen and oxygen atoms in total. The molecule has 0 radical (unpaired) electrons. The highest BCUT2D eigenvalue weighted by molar-refractivity contribution is 7.92. The van der Waals surface area contributed by atoms with Gasteiger partial charge in [0.25, 0.3) is 5.91 Å². The molecule has 1 heterocycles. The van der Waals surface area contributed by atoms with Crippen molar-refractivity contribution in [2.75, 3.05) is 41.6 Å². The summed E-state index contributed by atoms with van der Waals surface area (Å²) in [5.74, 6) is -0.0429. The molecule has 1 saturated heterocycles. The molecular formula is C20H24ClN3O3S. The molecule has 0 saturated carbocycles. The van der Waals surface area contributed by atoms with E-state index in [4.69, 9.17) is 11.6 Å². The van der Waals surface area contributed by atoms with Crippen LogP contribution in [-0.4, -0.2) is 51.2 Å². The Bertz CT molecular complexity index is 941. The van der Waals surface area contributed by atoms with Gasteiger partial charge in [-0.2, -0.15) is 0 Å². The molecule has 1 aliphatic rings. The van der Waals surface area contributed by atoms with Gasteiger partial charge in [0.1, 0.15) is 0 Å². The minimum atomic E-state index is -3.39. The second-order valence-electron chi connectivity index (χ2n) is 6.76. The molecule has 2 aromatic rings. The topological polar surface area (TPSA) is 69.7 Å². The van der Waals surface area contributed by atoms with Crippen LogP contribution in [0.4, 0.5) is 11.4 Å². The standard InChI is InChI=1S/C20H24ClN3O3S/c1-2-13-28(26,27)22-18-7-3-5-16(14-18)20(25)24-11-9-23(10-12-24)19-8-4-6-17(21)15-19/h3-8,14-15,22H,2,9-13H2,1H3. The van der Waals surface area contributed by atoms with Crippen molar-refractivity contribution in [3.63, 3.8) is 0 Å². The van der Waals surface area contributed by atoms with Crippen molar-refractivity contribution in [2.45, 2.75) is 13.3 Å². The number of carbonyl (C=O) groups is 1. The summed E-state index contributed by atoms with van der Waals surface area (Å²) in [6.07, 6.45) is 0.533. The fraction of sp³-hybridized carbons (Fsp3) is 0.350. The van der Waals surface area contributed by atoms with Crippen LogP contribution in [-0.2, 0) is 10.0 Å². The molecule has 150 valence electrons. The molecule has 0 atom stereocenters. The Morgan fingerprint density at radius 1 is 1.07 bits per heavy atom. The Labute approximate surface area is 171 Å². The number of piperazine rings is 1. The van der Waals surface area contributed by atoms with Crippen LogP contribution < -0.4 is 9.62 Å². The van der Waals surface area contributed by atoms with E-state index in [1.165, 1.54) is 0 Å². The Kier molecular flexibility index (Phi) is 6.46. The third kappa shape index (κ3) is 5.17. The molecule has 3 rings (SSSR count). The largest absolute Gasteiger partial charge is 0.368 e. The average molecular weight is 422 g/mol. The molecule has 0 aliphatic carbocycles. The van der Waals surface area contributed by atoms with Crippen molar-refractivity contribution in [3.8, 4) is 0 Å². The molecule has 8 heteroatoms. The minimum Gasteiger partial charge on any atom is -0.368 e. The normalized spacial score (nSPS) is 14.8. The molecule has 1 amide bonds. The summed E-state index contributed by atoms with van der Waals surface area (Å²) in [5, 5.41) is 0.693. The fourth-order valence-electron chi connectivity index (χ4n) is 3.24. The highest BCUT2D eigenvalue weighted by Crippen LogP contribution is 2.22. The Morgan fingerprint density at radius 2 is 1.79 bits per heavy atom. The summed E-state index contributed by atoms with van der Waals surface area (Å²) in [7, 11) is -3.39. The molecule has 0 unspecified atom stereocenters. The van der Waals surface area contributed by atoms with Gasteiger partial charge in [0, 0.05) is 48.1 Å². The van der Waals surface area contributed by atoms with Crippen molar-refractivity contribution in [2.24, 2.45) is 0 Å². The van der Waals surface area contributed by atoms with Gasteiger partial charge in [-0.3, -0.25) is 9.52 Å². The van der Waals surface area contributed by atoms with Gasteiger partial charge in [-0.15, -0.1) is 0 Å². The van der Waals surface area contributed by atoms with Crippen molar-refractivity contribution in [1.82, 2.24) is 4.90 Å². The zero-order valence-electron chi connectivity index (χ0n) is 15.8. The molecule has 0 aromatic heterocycles. The first-order valence-electron chi connectivity index (χ1n) is 9.28. The van der Waals surface area contributed by atoms with Crippen LogP contribution in [0.3, 0.4) is 0 Å². The smallest absolute Gasteiger partial charge is 0.254 e. The maximum absolute atomic E-state index is 12.8. The predicted molar refractivity (Wildman–Crippen MR) is 114 cm³/mol. The fourth-order valence-corrected chi connectivity index (χ4v) is 4.55. The van der Waals surface area contributed by atoms with Crippen LogP contribution in [0, 0.1) is 0 Å². The van der Waals surface area contributed by atoms with Crippen molar-refractivity contribution in [1.29, 1.82) is 0 Å². The summed E-state index contributed by atoms with van der Waals surface area (Å²) >= 11 is 6.06. The van der Waals surface area contributed by atoms with Crippen LogP contribution in [0.25, 0.3) is 0 Å². The summed E-state index contributed by atoms with van der Waals surface area (Å²) < 4.78 is 26.4. The monoisotopic (exact) mass is 421 g/mol. The van der Waals surface area contributed by atoms with E-state index in [0.717, 1.165) is 18.8 Å².